The van der Waals surface area contributed by atoms with Crippen molar-refractivity contribution in [3.05, 3.63) is 68.8 Å². The standard InChI is InChI=1S/C20H24Br2/c1-11-7-13(3)17(14(4)8-11)19(21)20(22)18-15(5)9-12(2)10-16(18)6/h7-10,19-20H,1-6H3/t19-,20+. The SMILES string of the molecule is Cc1cc(C)c([C@@H](Br)[C@@H](Br)c2c(C)cc(C)cc2C)c(C)c1. The van der Waals surface area contributed by atoms with Crippen molar-refractivity contribution in [3.63, 3.8) is 0 Å². The van der Waals surface area contributed by atoms with Crippen molar-refractivity contribution in [3.8, 4) is 0 Å². The summed E-state index contributed by atoms with van der Waals surface area (Å²) in [5.74, 6) is 0. The van der Waals surface area contributed by atoms with Gasteiger partial charge in [-0.1, -0.05) is 67.3 Å². The van der Waals surface area contributed by atoms with Crippen LogP contribution in [0.5, 0.6) is 0 Å². The van der Waals surface area contributed by atoms with Gasteiger partial charge in [-0.05, 0) is 74.9 Å². The lowest BCUT2D eigenvalue weighted by atomic mass is 9.90. The Morgan fingerprint density at radius 2 is 0.773 bits per heavy atom. The van der Waals surface area contributed by atoms with Crippen LogP contribution < -0.4 is 0 Å². The summed E-state index contributed by atoms with van der Waals surface area (Å²) in [6, 6.07) is 9.08. The minimum absolute atomic E-state index is 0.258. The molecule has 2 aromatic carbocycles. The van der Waals surface area contributed by atoms with Gasteiger partial charge in [0, 0.05) is 0 Å². The molecule has 0 aliphatic heterocycles. The van der Waals surface area contributed by atoms with Crippen molar-refractivity contribution in [2.45, 2.75) is 51.2 Å². The molecule has 0 aliphatic carbocycles. The zero-order valence-corrected chi connectivity index (χ0v) is 17.4. The van der Waals surface area contributed by atoms with E-state index < -0.39 is 0 Å². The molecule has 2 heteroatoms. The van der Waals surface area contributed by atoms with Gasteiger partial charge in [0.25, 0.3) is 0 Å². The fourth-order valence-corrected chi connectivity index (χ4v) is 5.52. The number of aryl methyl sites for hydroxylation is 6. The molecule has 0 fully saturated rings. The monoisotopic (exact) mass is 422 g/mol. The molecule has 0 amide bonds. The predicted octanol–water partition coefficient (Wildman–Crippen LogP) is 7.11. The molecule has 0 heterocycles. The minimum atomic E-state index is 0.258. The Morgan fingerprint density at radius 1 is 0.545 bits per heavy atom. The molecule has 118 valence electrons. The topological polar surface area (TPSA) is 0 Å². The van der Waals surface area contributed by atoms with Crippen LogP contribution in [0.1, 0.15) is 54.2 Å². The van der Waals surface area contributed by atoms with E-state index in [1.807, 2.05) is 0 Å². The van der Waals surface area contributed by atoms with E-state index in [0.717, 1.165) is 0 Å². The highest BCUT2D eigenvalue weighted by atomic mass is 79.9. The number of halogens is 2. The number of rotatable bonds is 3. The van der Waals surface area contributed by atoms with Crippen LogP contribution in [-0.2, 0) is 0 Å². The smallest absolute Gasteiger partial charge is 0.0566 e. The number of benzene rings is 2. The third kappa shape index (κ3) is 3.49. The molecule has 0 aliphatic rings. The summed E-state index contributed by atoms with van der Waals surface area (Å²) in [7, 11) is 0. The predicted molar refractivity (Wildman–Crippen MR) is 105 cm³/mol. The second kappa shape index (κ2) is 6.88. The summed E-state index contributed by atoms with van der Waals surface area (Å²) >= 11 is 7.91. The first kappa shape index (κ1) is 17.7. The molecule has 0 bridgehead atoms. The third-order valence-electron chi connectivity index (χ3n) is 4.28. The summed E-state index contributed by atoms with van der Waals surface area (Å²) in [6.07, 6.45) is 0. The number of alkyl halides is 2. The van der Waals surface area contributed by atoms with Crippen LogP contribution in [0.3, 0.4) is 0 Å². The second-order valence-electron chi connectivity index (χ2n) is 6.43. The van der Waals surface area contributed by atoms with Crippen LogP contribution in [0.15, 0.2) is 24.3 Å². The van der Waals surface area contributed by atoms with Crippen LogP contribution >= 0.6 is 31.9 Å². The van der Waals surface area contributed by atoms with Crippen molar-refractivity contribution in [2.75, 3.05) is 0 Å². The minimum Gasteiger partial charge on any atom is -0.0823 e. The van der Waals surface area contributed by atoms with Gasteiger partial charge < -0.3 is 0 Å². The quantitative estimate of drug-likeness (QED) is 0.461. The van der Waals surface area contributed by atoms with Gasteiger partial charge in [0.05, 0.1) is 9.65 Å². The van der Waals surface area contributed by atoms with Gasteiger partial charge in [-0.15, -0.1) is 0 Å². The van der Waals surface area contributed by atoms with Crippen molar-refractivity contribution >= 4 is 31.9 Å². The van der Waals surface area contributed by atoms with Gasteiger partial charge in [-0.25, -0.2) is 0 Å². The molecule has 0 aromatic heterocycles. The Balaban J connectivity index is 2.49. The van der Waals surface area contributed by atoms with Crippen molar-refractivity contribution in [1.82, 2.24) is 0 Å². The largest absolute Gasteiger partial charge is 0.0823 e. The molecule has 0 saturated heterocycles. The first-order valence-corrected chi connectivity index (χ1v) is 9.49. The van der Waals surface area contributed by atoms with E-state index in [1.54, 1.807) is 0 Å². The zero-order valence-electron chi connectivity index (χ0n) is 14.2. The lowest BCUT2D eigenvalue weighted by molar-refractivity contribution is 0.897. The van der Waals surface area contributed by atoms with E-state index in [0.29, 0.717) is 0 Å². The molecular formula is C20H24Br2. The molecule has 0 saturated carbocycles. The molecule has 0 N–H and O–H groups in total. The Labute approximate surface area is 151 Å². The number of hydrogen-bond acceptors (Lipinski definition) is 0. The molecule has 2 aromatic rings. The van der Waals surface area contributed by atoms with Crippen LogP contribution in [0.4, 0.5) is 0 Å². The van der Waals surface area contributed by atoms with E-state index in [-0.39, 0.29) is 9.65 Å². The fourth-order valence-electron chi connectivity index (χ4n) is 3.55. The van der Waals surface area contributed by atoms with Crippen LogP contribution in [0, 0.1) is 41.5 Å². The van der Waals surface area contributed by atoms with E-state index in [2.05, 4.69) is 97.7 Å². The lowest BCUT2D eigenvalue weighted by Gasteiger charge is -2.25. The van der Waals surface area contributed by atoms with Crippen molar-refractivity contribution in [2.24, 2.45) is 0 Å². The maximum Gasteiger partial charge on any atom is 0.0566 e. The normalized spacial score (nSPS) is 14.0. The Morgan fingerprint density at radius 3 is 1.00 bits per heavy atom. The first-order valence-electron chi connectivity index (χ1n) is 7.66. The van der Waals surface area contributed by atoms with Gasteiger partial charge in [-0.3, -0.25) is 0 Å². The molecule has 0 spiro atoms. The molecule has 0 nitrogen and oxygen atoms in total. The van der Waals surface area contributed by atoms with E-state index in [1.165, 1.54) is 44.5 Å². The first-order chi connectivity index (χ1) is 10.2. The summed E-state index contributed by atoms with van der Waals surface area (Å²) in [4.78, 5) is 0.515. The highest BCUT2D eigenvalue weighted by Crippen LogP contribution is 2.46. The van der Waals surface area contributed by atoms with E-state index >= 15 is 0 Å². The van der Waals surface area contributed by atoms with Crippen molar-refractivity contribution < 1.29 is 0 Å². The zero-order chi connectivity index (χ0) is 16.6. The third-order valence-corrected chi connectivity index (χ3v) is 6.97. The average molecular weight is 424 g/mol. The molecule has 0 unspecified atom stereocenters. The summed E-state index contributed by atoms with van der Waals surface area (Å²) in [5.41, 5.74) is 10.9. The van der Waals surface area contributed by atoms with Crippen molar-refractivity contribution in [1.29, 1.82) is 0 Å². The summed E-state index contributed by atoms with van der Waals surface area (Å²) in [5, 5.41) is 0. The van der Waals surface area contributed by atoms with Gasteiger partial charge in [0.15, 0.2) is 0 Å². The Hall–Kier alpha value is -0.600. The molecule has 0 radical (unpaired) electrons. The lowest BCUT2D eigenvalue weighted by Crippen LogP contribution is -2.07. The molecule has 22 heavy (non-hydrogen) atoms. The highest BCUT2D eigenvalue weighted by molar-refractivity contribution is 9.12. The van der Waals surface area contributed by atoms with Gasteiger partial charge in [0.1, 0.15) is 0 Å². The Kier molecular flexibility index (Phi) is 5.55. The Bertz CT molecular complexity index is 593. The second-order valence-corrected chi connectivity index (χ2v) is 8.40. The fraction of sp³-hybridized carbons (Fsp3) is 0.400. The maximum atomic E-state index is 3.95. The van der Waals surface area contributed by atoms with Crippen LogP contribution in [-0.4, -0.2) is 0 Å². The van der Waals surface area contributed by atoms with Gasteiger partial charge >= 0.3 is 0 Å². The van der Waals surface area contributed by atoms with Gasteiger partial charge in [-0.2, -0.15) is 0 Å². The highest BCUT2D eigenvalue weighted by Gasteiger charge is 2.25. The summed E-state index contributed by atoms with van der Waals surface area (Å²) < 4.78 is 0. The average Bonchev–Trinajstić information content (AvgIpc) is 2.35. The van der Waals surface area contributed by atoms with Crippen LogP contribution in [0.25, 0.3) is 0 Å². The van der Waals surface area contributed by atoms with E-state index in [9.17, 15) is 0 Å². The van der Waals surface area contributed by atoms with Crippen LogP contribution in [0.2, 0.25) is 0 Å². The van der Waals surface area contributed by atoms with E-state index in [4.69, 9.17) is 0 Å². The molecule has 2 atom stereocenters. The molecule has 2 rings (SSSR count). The summed E-state index contributed by atoms with van der Waals surface area (Å²) in [6.45, 7) is 13.1. The number of hydrogen-bond donors (Lipinski definition) is 0. The van der Waals surface area contributed by atoms with Gasteiger partial charge in [0.2, 0.25) is 0 Å². The maximum absolute atomic E-state index is 3.95. The molecular weight excluding hydrogens is 400 g/mol.